The van der Waals surface area contributed by atoms with Crippen LogP contribution in [0.2, 0.25) is 0 Å². The van der Waals surface area contributed by atoms with Crippen molar-refractivity contribution in [2.75, 3.05) is 6.79 Å². The van der Waals surface area contributed by atoms with E-state index in [4.69, 9.17) is 14.2 Å². The molecule has 0 saturated carbocycles. The molecule has 1 atom stereocenters. The average molecular weight is 359 g/mol. The van der Waals surface area contributed by atoms with Crippen LogP contribution in [0.1, 0.15) is 18.2 Å². The van der Waals surface area contributed by atoms with Gasteiger partial charge in [-0.15, -0.1) is 0 Å². The molecule has 3 rings (SSSR count). The number of hydrogen-bond acceptors (Lipinski definition) is 7. The predicted octanol–water partition coefficient (Wildman–Crippen LogP) is 2.11. The molecule has 1 unspecified atom stereocenters. The Morgan fingerprint density at radius 3 is 2.88 bits per heavy atom. The van der Waals surface area contributed by atoms with Crippen molar-refractivity contribution in [1.82, 2.24) is 10.3 Å². The summed E-state index contributed by atoms with van der Waals surface area (Å²) in [5.74, 6) is 0.419. The van der Waals surface area contributed by atoms with E-state index < -0.39 is 22.8 Å². The lowest BCUT2D eigenvalue weighted by molar-refractivity contribution is -0.390. The van der Waals surface area contributed by atoms with Gasteiger partial charge < -0.3 is 29.6 Å². The first-order valence-electron chi connectivity index (χ1n) is 7.89. The molecule has 0 fully saturated rings. The number of nitrogens with zero attached hydrogens (tertiary/aromatic N) is 2. The minimum atomic E-state index is -0.924. The average Bonchev–Trinajstić information content (AvgIpc) is 3.08. The number of nitro groups is 1. The summed E-state index contributed by atoms with van der Waals surface area (Å²) in [6.45, 7) is 3.59. The number of aromatic nitrogens is 1. The molecule has 0 radical (unpaired) electrons. The van der Waals surface area contributed by atoms with Crippen molar-refractivity contribution in [3.8, 4) is 17.2 Å². The van der Waals surface area contributed by atoms with Gasteiger partial charge in [-0.25, -0.2) is 0 Å². The van der Waals surface area contributed by atoms with Crippen LogP contribution >= 0.6 is 0 Å². The zero-order valence-electron chi connectivity index (χ0n) is 14.2. The zero-order chi connectivity index (χ0) is 18.7. The summed E-state index contributed by atoms with van der Waals surface area (Å²) in [5.41, 5.74) is 1.32. The molecular weight excluding hydrogens is 342 g/mol. The van der Waals surface area contributed by atoms with Crippen LogP contribution in [0.15, 0.2) is 30.3 Å². The number of rotatable bonds is 6. The zero-order valence-corrected chi connectivity index (χ0v) is 14.2. The Balaban J connectivity index is 1.61. The van der Waals surface area contributed by atoms with Crippen molar-refractivity contribution < 1.29 is 23.9 Å². The maximum atomic E-state index is 12.2. The van der Waals surface area contributed by atoms with Crippen LogP contribution in [0.25, 0.3) is 0 Å². The van der Waals surface area contributed by atoms with E-state index in [1.807, 2.05) is 6.07 Å². The first-order chi connectivity index (χ1) is 12.4. The first kappa shape index (κ1) is 17.5. The van der Waals surface area contributed by atoms with E-state index in [1.165, 1.54) is 13.0 Å². The minimum Gasteiger partial charge on any atom is -0.473 e. The molecule has 9 heteroatoms. The van der Waals surface area contributed by atoms with Crippen LogP contribution < -0.4 is 19.5 Å². The fourth-order valence-corrected chi connectivity index (χ4v) is 2.38. The van der Waals surface area contributed by atoms with Crippen molar-refractivity contribution >= 4 is 11.7 Å². The maximum absolute atomic E-state index is 12.2. The van der Waals surface area contributed by atoms with E-state index in [1.54, 1.807) is 25.1 Å². The number of fused-ring (bicyclic) bond motifs is 1. The second-order valence-corrected chi connectivity index (χ2v) is 5.70. The lowest BCUT2D eigenvalue weighted by Crippen LogP contribution is -2.36. The van der Waals surface area contributed by atoms with Gasteiger partial charge >= 0.3 is 5.82 Å². The molecule has 0 bridgehead atoms. The molecule has 136 valence electrons. The number of ether oxygens (including phenoxy) is 3. The standard InChI is InChI=1S/C17H17N3O6/c1-10-3-5-14(16(19-10)20(22)23)26-11(2)17(21)18-8-12-4-6-13-15(7-12)25-9-24-13/h3-7,11H,8-9H2,1-2H3,(H,18,21). The molecule has 1 amide bonds. The van der Waals surface area contributed by atoms with Gasteiger partial charge in [0.15, 0.2) is 17.6 Å². The van der Waals surface area contributed by atoms with Gasteiger partial charge in [-0.05, 0) is 46.7 Å². The number of hydrogen-bond donors (Lipinski definition) is 1. The third kappa shape index (κ3) is 3.82. The number of benzene rings is 1. The third-order valence-corrected chi connectivity index (χ3v) is 3.73. The van der Waals surface area contributed by atoms with E-state index in [0.717, 1.165) is 5.56 Å². The first-order valence-corrected chi connectivity index (χ1v) is 7.89. The second kappa shape index (κ2) is 7.26. The molecule has 1 aliphatic rings. The summed E-state index contributed by atoms with van der Waals surface area (Å²) in [5, 5.41) is 13.8. The molecule has 0 spiro atoms. The largest absolute Gasteiger partial charge is 0.473 e. The van der Waals surface area contributed by atoms with Crippen LogP contribution in [-0.4, -0.2) is 28.7 Å². The van der Waals surface area contributed by atoms with E-state index in [-0.39, 0.29) is 19.1 Å². The highest BCUT2D eigenvalue weighted by atomic mass is 16.7. The van der Waals surface area contributed by atoms with Gasteiger partial charge in [0.25, 0.3) is 5.91 Å². The predicted molar refractivity (Wildman–Crippen MR) is 90.1 cm³/mol. The SMILES string of the molecule is Cc1ccc(OC(C)C(=O)NCc2ccc3c(c2)OCO3)c([N+](=O)[O-])n1. The Morgan fingerprint density at radius 2 is 2.12 bits per heavy atom. The van der Waals surface area contributed by atoms with Crippen LogP contribution in [0.3, 0.4) is 0 Å². The van der Waals surface area contributed by atoms with E-state index in [0.29, 0.717) is 17.2 Å². The second-order valence-electron chi connectivity index (χ2n) is 5.70. The topological polar surface area (TPSA) is 113 Å². The fourth-order valence-electron chi connectivity index (χ4n) is 2.38. The Morgan fingerprint density at radius 1 is 1.35 bits per heavy atom. The lowest BCUT2D eigenvalue weighted by atomic mass is 10.2. The minimum absolute atomic E-state index is 0.0497. The summed E-state index contributed by atoms with van der Waals surface area (Å²) in [7, 11) is 0. The van der Waals surface area contributed by atoms with E-state index in [9.17, 15) is 14.9 Å². The van der Waals surface area contributed by atoms with Crippen molar-refractivity contribution in [2.45, 2.75) is 26.5 Å². The monoisotopic (exact) mass is 359 g/mol. The van der Waals surface area contributed by atoms with Crippen molar-refractivity contribution in [2.24, 2.45) is 0 Å². The van der Waals surface area contributed by atoms with Crippen molar-refractivity contribution in [3.63, 3.8) is 0 Å². The smallest absolute Gasteiger partial charge is 0.406 e. The third-order valence-electron chi connectivity index (χ3n) is 3.73. The summed E-state index contributed by atoms with van der Waals surface area (Å²) in [4.78, 5) is 26.5. The molecule has 9 nitrogen and oxygen atoms in total. The van der Waals surface area contributed by atoms with Gasteiger partial charge in [-0.2, -0.15) is 0 Å². The highest BCUT2D eigenvalue weighted by Crippen LogP contribution is 2.32. The van der Waals surface area contributed by atoms with Gasteiger partial charge in [-0.3, -0.25) is 4.79 Å². The Kier molecular flexibility index (Phi) is 4.87. The summed E-state index contributed by atoms with van der Waals surface area (Å²) in [6, 6.07) is 8.38. The lowest BCUT2D eigenvalue weighted by Gasteiger charge is -2.14. The van der Waals surface area contributed by atoms with Crippen LogP contribution in [0.4, 0.5) is 5.82 Å². The van der Waals surface area contributed by atoms with Crippen molar-refractivity contribution in [1.29, 1.82) is 0 Å². The Bertz CT molecular complexity index is 854. The Labute approximate surface area is 149 Å². The molecule has 1 aromatic heterocycles. The number of carbonyl (C=O) groups is 1. The van der Waals surface area contributed by atoms with Gasteiger partial charge in [0.05, 0.1) is 0 Å². The summed E-state index contributed by atoms with van der Waals surface area (Å²) >= 11 is 0. The van der Waals surface area contributed by atoms with E-state index >= 15 is 0 Å². The fraction of sp³-hybridized carbons (Fsp3) is 0.294. The van der Waals surface area contributed by atoms with Gasteiger partial charge in [0, 0.05) is 13.5 Å². The molecule has 1 aromatic carbocycles. The number of pyridine rings is 1. The number of aryl methyl sites for hydroxylation is 1. The Hall–Kier alpha value is -3.36. The molecule has 26 heavy (non-hydrogen) atoms. The highest BCUT2D eigenvalue weighted by molar-refractivity contribution is 5.80. The van der Waals surface area contributed by atoms with Crippen molar-refractivity contribution in [3.05, 3.63) is 51.7 Å². The summed E-state index contributed by atoms with van der Waals surface area (Å²) < 4.78 is 15.9. The van der Waals surface area contributed by atoms with E-state index in [2.05, 4.69) is 10.3 Å². The highest BCUT2D eigenvalue weighted by Gasteiger charge is 2.23. The molecule has 2 heterocycles. The van der Waals surface area contributed by atoms with Crippen LogP contribution in [0, 0.1) is 17.0 Å². The molecule has 0 saturated heterocycles. The van der Waals surface area contributed by atoms with Gasteiger partial charge in [-0.1, -0.05) is 6.07 Å². The molecule has 1 N–H and O–H groups in total. The quantitative estimate of drug-likeness (QED) is 0.621. The molecular formula is C17H17N3O6. The number of amides is 1. The normalized spacial score (nSPS) is 13.2. The molecule has 0 aliphatic carbocycles. The summed E-state index contributed by atoms with van der Waals surface area (Å²) in [6.07, 6.45) is -0.924. The van der Waals surface area contributed by atoms with Gasteiger partial charge in [0.2, 0.25) is 12.5 Å². The van der Waals surface area contributed by atoms with Gasteiger partial charge in [0.1, 0.15) is 5.69 Å². The van der Waals surface area contributed by atoms with Crippen LogP contribution in [-0.2, 0) is 11.3 Å². The molecule has 2 aromatic rings. The maximum Gasteiger partial charge on any atom is 0.406 e. The number of carbonyl (C=O) groups excluding carboxylic acids is 1. The molecule has 1 aliphatic heterocycles. The van der Waals surface area contributed by atoms with Crippen LogP contribution in [0.5, 0.6) is 17.2 Å². The number of nitrogens with one attached hydrogen (secondary N) is 1.